The molecule has 1 atom stereocenters. The highest BCUT2D eigenvalue weighted by atomic mass is 127. The van der Waals surface area contributed by atoms with Crippen LogP contribution < -0.4 is 0 Å². The van der Waals surface area contributed by atoms with Gasteiger partial charge in [0.2, 0.25) is 0 Å². The van der Waals surface area contributed by atoms with E-state index in [0.29, 0.717) is 18.2 Å². The van der Waals surface area contributed by atoms with E-state index < -0.39 is 39.6 Å². The van der Waals surface area contributed by atoms with Crippen LogP contribution in [0.3, 0.4) is 0 Å². The Kier molecular flexibility index (Phi) is 5.90. The van der Waals surface area contributed by atoms with E-state index in [0.717, 1.165) is 18.2 Å². The highest BCUT2D eigenvalue weighted by Crippen LogP contribution is 2.61. The summed E-state index contributed by atoms with van der Waals surface area (Å²) in [6.45, 7) is 1.46. The van der Waals surface area contributed by atoms with Crippen molar-refractivity contribution in [3.05, 3.63) is 67.7 Å². The number of alkyl halides is 7. The summed E-state index contributed by atoms with van der Waals surface area (Å²) in [5.74, 6) is 0. The Balaban J connectivity index is 3.09. The normalized spacial score (nSPS) is 21.2. The van der Waals surface area contributed by atoms with Crippen LogP contribution in [0.4, 0.5) is 36.4 Å². The Bertz CT molecular complexity index is 831. The lowest BCUT2D eigenvalue weighted by atomic mass is 9.63. The van der Waals surface area contributed by atoms with Gasteiger partial charge in [-0.25, -0.2) is 4.39 Å². The first kappa shape index (κ1) is 22.6. The Morgan fingerprint density at radius 1 is 1.04 bits per heavy atom. The van der Waals surface area contributed by atoms with Crippen molar-refractivity contribution < 1.29 is 35.7 Å². The summed E-state index contributed by atoms with van der Waals surface area (Å²) < 4.78 is 97.3. The minimum absolute atomic E-state index is 0.00544. The first-order chi connectivity index (χ1) is 12.7. The number of hydrogen-bond donors (Lipinski definition) is 0. The van der Waals surface area contributed by atoms with Crippen LogP contribution in [0.15, 0.2) is 45.6 Å². The minimum atomic E-state index is -6.41. The summed E-state index contributed by atoms with van der Waals surface area (Å²) in [4.78, 5) is 10.2. The molecule has 11 heteroatoms. The van der Waals surface area contributed by atoms with Gasteiger partial charge in [0, 0.05) is 18.1 Å². The van der Waals surface area contributed by atoms with Gasteiger partial charge in [-0.3, -0.25) is 10.1 Å². The van der Waals surface area contributed by atoms with Gasteiger partial charge < -0.3 is 0 Å². The number of hydrogen-bond acceptors (Lipinski definition) is 2. The lowest BCUT2D eigenvalue weighted by Crippen LogP contribution is -2.65. The molecule has 0 N–H and O–H groups in total. The molecule has 0 spiro atoms. The molecule has 0 aliphatic heterocycles. The van der Waals surface area contributed by atoms with Crippen LogP contribution in [0.1, 0.15) is 18.9 Å². The SMILES string of the molecule is CCC1=CC(c2ccccc2[N+](=O)[O-])(C(F)(C(F)(F)F)C(F)(F)F)C=C(I)[CH]1. The smallest absolute Gasteiger partial charge is 0.258 e. The lowest BCUT2D eigenvalue weighted by molar-refractivity contribution is -0.388. The van der Waals surface area contributed by atoms with E-state index in [9.17, 15) is 36.5 Å². The van der Waals surface area contributed by atoms with Crippen LogP contribution in [0.25, 0.3) is 0 Å². The first-order valence-electron chi connectivity index (χ1n) is 7.72. The number of nitrogens with zero attached hydrogens (tertiary/aromatic N) is 1. The fraction of sp³-hybridized carbons (Fsp3) is 0.353. The molecule has 1 aromatic carbocycles. The highest BCUT2D eigenvalue weighted by Gasteiger charge is 2.81. The van der Waals surface area contributed by atoms with Crippen LogP contribution in [-0.2, 0) is 5.41 Å². The number of para-hydroxylation sites is 1. The maximum Gasteiger partial charge on any atom is 0.433 e. The monoisotopic (exact) mass is 522 g/mol. The Morgan fingerprint density at radius 3 is 2.04 bits per heavy atom. The molecule has 0 saturated heterocycles. The number of nitro benzene ring substituents is 1. The summed E-state index contributed by atoms with van der Waals surface area (Å²) in [6.07, 6.45) is -10.6. The van der Waals surface area contributed by atoms with E-state index in [1.807, 2.05) is 0 Å². The van der Waals surface area contributed by atoms with Gasteiger partial charge >= 0.3 is 18.0 Å². The number of halogens is 8. The summed E-state index contributed by atoms with van der Waals surface area (Å²) in [6, 6.07) is 3.54. The maximum absolute atomic E-state index is 15.4. The van der Waals surface area contributed by atoms with E-state index in [4.69, 9.17) is 0 Å². The molecule has 0 saturated carbocycles. The van der Waals surface area contributed by atoms with Crippen LogP contribution in [0.5, 0.6) is 0 Å². The van der Waals surface area contributed by atoms with Gasteiger partial charge in [0.05, 0.1) is 10.3 Å². The Morgan fingerprint density at radius 2 is 1.57 bits per heavy atom. The third-order valence-corrected chi connectivity index (χ3v) is 5.03. The van der Waals surface area contributed by atoms with Crippen molar-refractivity contribution in [2.45, 2.75) is 36.8 Å². The van der Waals surface area contributed by atoms with Crippen LogP contribution in [-0.4, -0.2) is 22.9 Å². The zero-order valence-electron chi connectivity index (χ0n) is 14.0. The molecule has 0 heterocycles. The summed E-state index contributed by atoms with van der Waals surface area (Å²) in [5.41, 5.74) is -11.4. The molecule has 3 nitrogen and oxygen atoms in total. The fourth-order valence-corrected chi connectivity index (χ4v) is 4.06. The number of allylic oxidation sites excluding steroid dienone is 4. The van der Waals surface area contributed by atoms with Gasteiger partial charge in [0.25, 0.3) is 5.69 Å². The second-order valence-corrected chi connectivity index (χ2v) is 7.29. The molecular formula is C17H12F7INO2. The van der Waals surface area contributed by atoms with E-state index in [2.05, 4.69) is 0 Å². The van der Waals surface area contributed by atoms with Crippen molar-refractivity contribution >= 4 is 28.3 Å². The van der Waals surface area contributed by atoms with Gasteiger partial charge in [0.1, 0.15) is 0 Å². The zero-order valence-corrected chi connectivity index (χ0v) is 16.2. The summed E-state index contributed by atoms with van der Waals surface area (Å²) >= 11 is 1.47. The minimum Gasteiger partial charge on any atom is -0.258 e. The van der Waals surface area contributed by atoms with E-state index in [1.165, 1.54) is 35.9 Å². The van der Waals surface area contributed by atoms with Crippen LogP contribution in [0.2, 0.25) is 0 Å². The number of rotatable bonds is 4. The molecule has 28 heavy (non-hydrogen) atoms. The maximum atomic E-state index is 15.4. The molecular weight excluding hydrogens is 510 g/mol. The average Bonchev–Trinajstić information content (AvgIpc) is 2.58. The predicted octanol–water partition coefficient (Wildman–Crippen LogP) is 6.54. The third-order valence-electron chi connectivity index (χ3n) is 4.41. The molecule has 0 amide bonds. The van der Waals surface area contributed by atoms with Crippen molar-refractivity contribution in [2.24, 2.45) is 0 Å². The van der Waals surface area contributed by atoms with Crippen molar-refractivity contribution in [2.75, 3.05) is 0 Å². The molecule has 2 rings (SSSR count). The Hall–Kier alpha value is -1.66. The molecule has 1 aliphatic carbocycles. The first-order valence-corrected chi connectivity index (χ1v) is 8.80. The molecule has 153 valence electrons. The predicted molar refractivity (Wildman–Crippen MR) is 95.5 cm³/mol. The molecule has 0 aromatic heterocycles. The lowest BCUT2D eigenvalue weighted by Gasteiger charge is -2.45. The summed E-state index contributed by atoms with van der Waals surface area (Å²) in [5, 5.41) is 11.3. The average molecular weight is 522 g/mol. The van der Waals surface area contributed by atoms with Gasteiger partial charge in [-0.2, -0.15) is 26.3 Å². The third kappa shape index (κ3) is 3.41. The quantitative estimate of drug-likeness (QED) is 0.195. The molecule has 0 bridgehead atoms. The van der Waals surface area contributed by atoms with Crippen LogP contribution >= 0.6 is 22.6 Å². The second kappa shape index (κ2) is 7.30. The highest BCUT2D eigenvalue weighted by molar-refractivity contribution is 14.1. The topological polar surface area (TPSA) is 43.1 Å². The zero-order chi connectivity index (χ0) is 21.5. The summed E-state index contributed by atoms with van der Waals surface area (Å²) in [7, 11) is 0. The molecule has 0 fully saturated rings. The number of benzene rings is 1. The second-order valence-electron chi connectivity index (χ2n) is 6.04. The van der Waals surface area contributed by atoms with Crippen molar-refractivity contribution in [3.63, 3.8) is 0 Å². The largest absolute Gasteiger partial charge is 0.433 e. The van der Waals surface area contributed by atoms with Crippen molar-refractivity contribution in [1.29, 1.82) is 0 Å². The molecule has 1 unspecified atom stereocenters. The van der Waals surface area contributed by atoms with Crippen molar-refractivity contribution in [1.82, 2.24) is 0 Å². The van der Waals surface area contributed by atoms with Crippen molar-refractivity contribution in [3.8, 4) is 0 Å². The Labute approximate surface area is 168 Å². The molecule has 1 radical (unpaired) electrons. The van der Waals surface area contributed by atoms with Gasteiger partial charge in [-0.05, 0) is 32.6 Å². The molecule has 1 aromatic rings. The van der Waals surface area contributed by atoms with Gasteiger partial charge in [-0.1, -0.05) is 42.8 Å². The van der Waals surface area contributed by atoms with E-state index >= 15 is 4.39 Å². The standard InChI is InChI=1S/C17H12F7INO2/c1-2-10-7-11(25)9-14(8-10,12-5-3-4-6-13(12)26(27)28)15(18,16(19,20)21)17(22,23)24/h3-9H,2H2,1H3. The van der Waals surface area contributed by atoms with Gasteiger partial charge in [0.15, 0.2) is 0 Å². The molecule has 1 aliphatic rings. The fourth-order valence-electron chi connectivity index (χ4n) is 3.17. The van der Waals surface area contributed by atoms with Crippen LogP contribution in [0, 0.1) is 16.5 Å². The van der Waals surface area contributed by atoms with E-state index in [1.54, 1.807) is 0 Å². The number of nitro groups is 1. The van der Waals surface area contributed by atoms with Gasteiger partial charge in [-0.15, -0.1) is 0 Å². The van der Waals surface area contributed by atoms with E-state index in [-0.39, 0.29) is 15.6 Å².